The number of nitrogens with one attached hydrogen (secondary N) is 1. The van der Waals surface area contributed by atoms with Crippen LogP contribution in [0.3, 0.4) is 0 Å². The average Bonchev–Trinajstić information content (AvgIpc) is 3.50. The first-order valence-electron chi connectivity index (χ1n) is 10.3. The van der Waals surface area contributed by atoms with Gasteiger partial charge < -0.3 is 9.26 Å². The molecule has 1 N–H and O–H groups in total. The van der Waals surface area contributed by atoms with Crippen LogP contribution >= 0.6 is 0 Å². The molecule has 1 fully saturated rings. The number of carbonyl (C=O) groups is 1. The minimum Gasteiger partial charge on any atom is -0.482 e. The van der Waals surface area contributed by atoms with Gasteiger partial charge in [0, 0.05) is 17.7 Å². The summed E-state index contributed by atoms with van der Waals surface area (Å²) in [7, 11) is -3.85. The number of fused-ring (bicyclic) bond motifs is 1. The van der Waals surface area contributed by atoms with E-state index in [-0.39, 0.29) is 24.0 Å². The van der Waals surface area contributed by atoms with E-state index in [9.17, 15) is 13.2 Å². The minimum absolute atomic E-state index is 0.0849. The van der Waals surface area contributed by atoms with Crippen LogP contribution in [0, 0.1) is 13.8 Å². The van der Waals surface area contributed by atoms with Crippen LogP contribution in [-0.4, -0.2) is 31.1 Å². The molecule has 5 rings (SSSR count). The maximum atomic E-state index is 13.0. The Balaban J connectivity index is 1.44. The first-order valence-corrected chi connectivity index (χ1v) is 11.8. The van der Waals surface area contributed by atoms with Crippen LogP contribution < -0.4 is 14.4 Å². The lowest BCUT2D eigenvalue weighted by Crippen LogP contribution is -2.38. The summed E-state index contributed by atoms with van der Waals surface area (Å²) in [6, 6.07) is 10.2. The number of aryl methyl sites for hydroxylation is 2. The van der Waals surface area contributed by atoms with E-state index in [2.05, 4.69) is 14.9 Å². The summed E-state index contributed by atoms with van der Waals surface area (Å²) in [5, 5.41) is 3.98. The Hall–Kier alpha value is -3.40. The molecule has 32 heavy (non-hydrogen) atoms. The Morgan fingerprint density at radius 1 is 1.16 bits per heavy atom. The number of rotatable bonds is 6. The van der Waals surface area contributed by atoms with Crippen molar-refractivity contribution in [2.45, 2.75) is 44.0 Å². The molecule has 9 nitrogen and oxygen atoms in total. The van der Waals surface area contributed by atoms with Crippen molar-refractivity contribution in [1.82, 2.24) is 10.1 Å². The van der Waals surface area contributed by atoms with Crippen LogP contribution in [0.15, 0.2) is 45.8 Å². The van der Waals surface area contributed by atoms with Gasteiger partial charge in [-0.3, -0.25) is 14.4 Å². The van der Waals surface area contributed by atoms with Crippen molar-refractivity contribution in [3.8, 4) is 5.75 Å². The van der Waals surface area contributed by atoms with E-state index in [0.717, 1.165) is 18.4 Å². The minimum atomic E-state index is -3.85. The number of nitrogens with zero attached hydrogens (tertiary/aromatic N) is 3. The van der Waals surface area contributed by atoms with Gasteiger partial charge in [0.15, 0.2) is 12.4 Å². The largest absolute Gasteiger partial charge is 0.482 e. The van der Waals surface area contributed by atoms with E-state index < -0.39 is 10.0 Å². The molecule has 1 aromatic heterocycles. The third-order valence-corrected chi connectivity index (χ3v) is 7.03. The molecule has 166 valence electrons. The molecule has 0 unspecified atom stereocenters. The summed E-state index contributed by atoms with van der Waals surface area (Å²) >= 11 is 0. The van der Waals surface area contributed by atoms with Gasteiger partial charge in [0.2, 0.25) is 5.89 Å². The molecule has 2 aliphatic rings. The molecule has 0 bridgehead atoms. The van der Waals surface area contributed by atoms with Crippen LogP contribution in [0.5, 0.6) is 5.75 Å². The van der Waals surface area contributed by atoms with Crippen LogP contribution in [0.4, 0.5) is 11.4 Å². The Labute approximate surface area is 185 Å². The summed E-state index contributed by atoms with van der Waals surface area (Å²) in [6.45, 7) is 3.53. The van der Waals surface area contributed by atoms with Gasteiger partial charge in [-0.05, 0) is 50.5 Å². The number of aromatic nitrogens is 2. The van der Waals surface area contributed by atoms with E-state index >= 15 is 0 Å². The van der Waals surface area contributed by atoms with Crippen molar-refractivity contribution in [3.05, 3.63) is 59.2 Å². The first-order chi connectivity index (χ1) is 15.3. The van der Waals surface area contributed by atoms with Crippen molar-refractivity contribution in [1.29, 1.82) is 0 Å². The van der Waals surface area contributed by atoms with E-state index in [1.54, 1.807) is 25.1 Å². The number of ether oxygens (including phenoxy) is 1. The summed E-state index contributed by atoms with van der Waals surface area (Å²) in [6.07, 6.45) is 2.07. The average molecular weight is 455 g/mol. The van der Waals surface area contributed by atoms with Crippen LogP contribution in [0.25, 0.3) is 0 Å². The maximum Gasteiger partial charge on any atom is 0.265 e. The quantitative estimate of drug-likeness (QED) is 0.608. The predicted molar refractivity (Wildman–Crippen MR) is 116 cm³/mol. The van der Waals surface area contributed by atoms with Gasteiger partial charge >= 0.3 is 0 Å². The molecule has 1 aliphatic heterocycles. The molecular weight excluding hydrogens is 432 g/mol. The molecular formula is C22H22N4O5S. The van der Waals surface area contributed by atoms with Crippen LogP contribution in [0.1, 0.15) is 41.6 Å². The van der Waals surface area contributed by atoms with E-state index in [4.69, 9.17) is 9.26 Å². The Kier molecular flexibility index (Phi) is 4.89. The van der Waals surface area contributed by atoms with E-state index in [1.165, 1.54) is 11.0 Å². The second-order valence-electron chi connectivity index (χ2n) is 8.15. The second kappa shape index (κ2) is 7.63. The van der Waals surface area contributed by atoms with Gasteiger partial charge in [-0.15, -0.1) is 0 Å². The van der Waals surface area contributed by atoms with Gasteiger partial charge in [0.1, 0.15) is 5.75 Å². The van der Waals surface area contributed by atoms with Crippen molar-refractivity contribution in [3.63, 3.8) is 0 Å². The van der Waals surface area contributed by atoms with Crippen molar-refractivity contribution in [2.75, 3.05) is 16.2 Å². The van der Waals surface area contributed by atoms with Crippen LogP contribution in [-0.2, 0) is 21.4 Å². The molecule has 3 aromatic rings. The van der Waals surface area contributed by atoms with E-state index in [1.807, 2.05) is 19.1 Å². The molecule has 2 aromatic carbocycles. The highest BCUT2D eigenvalue weighted by Crippen LogP contribution is 2.40. The van der Waals surface area contributed by atoms with Crippen molar-refractivity contribution < 1.29 is 22.5 Å². The zero-order valence-electron chi connectivity index (χ0n) is 17.7. The molecule has 10 heteroatoms. The predicted octanol–water partition coefficient (Wildman–Crippen LogP) is 3.29. The SMILES string of the molecule is Cc1ccc(NS(=O)(=O)c2cc3c(cc2C)N(Cc2noc(C4CC4)n2)C(=O)CO3)cc1. The molecule has 1 amide bonds. The molecule has 0 saturated heterocycles. The summed E-state index contributed by atoms with van der Waals surface area (Å²) in [5.74, 6) is 1.37. The van der Waals surface area contributed by atoms with Crippen LogP contribution in [0.2, 0.25) is 0 Å². The highest BCUT2D eigenvalue weighted by molar-refractivity contribution is 7.92. The molecule has 1 saturated carbocycles. The smallest absolute Gasteiger partial charge is 0.265 e. The summed E-state index contributed by atoms with van der Waals surface area (Å²) in [4.78, 5) is 18.5. The number of hydrogen-bond donors (Lipinski definition) is 1. The zero-order valence-corrected chi connectivity index (χ0v) is 18.5. The summed E-state index contributed by atoms with van der Waals surface area (Å²) in [5.41, 5.74) is 2.46. The molecule has 2 heterocycles. The van der Waals surface area contributed by atoms with Gasteiger partial charge in [-0.2, -0.15) is 4.98 Å². The van der Waals surface area contributed by atoms with Gasteiger partial charge in [-0.1, -0.05) is 22.9 Å². The topological polar surface area (TPSA) is 115 Å². The molecule has 0 spiro atoms. The molecule has 0 atom stereocenters. The molecule has 1 aliphatic carbocycles. The third-order valence-electron chi connectivity index (χ3n) is 5.50. The Bertz CT molecular complexity index is 1300. The number of anilines is 2. The fourth-order valence-electron chi connectivity index (χ4n) is 3.60. The third kappa shape index (κ3) is 3.93. The Morgan fingerprint density at radius 3 is 2.62 bits per heavy atom. The van der Waals surface area contributed by atoms with Gasteiger partial charge in [0.25, 0.3) is 15.9 Å². The number of carbonyl (C=O) groups excluding carboxylic acids is 1. The fourth-order valence-corrected chi connectivity index (χ4v) is 4.90. The van der Waals surface area contributed by atoms with Crippen molar-refractivity contribution >= 4 is 27.3 Å². The normalized spacial score (nSPS) is 15.9. The monoisotopic (exact) mass is 454 g/mol. The number of amides is 1. The molecule has 0 radical (unpaired) electrons. The number of benzene rings is 2. The van der Waals surface area contributed by atoms with Crippen molar-refractivity contribution in [2.24, 2.45) is 0 Å². The Morgan fingerprint density at radius 2 is 1.91 bits per heavy atom. The number of sulfonamides is 1. The lowest BCUT2D eigenvalue weighted by Gasteiger charge is -2.29. The summed E-state index contributed by atoms with van der Waals surface area (Å²) < 4.78 is 39.5. The van der Waals surface area contributed by atoms with Gasteiger partial charge in [0.05, 0.1) is 17.1 Å². The highest BCUT2D eigenvalue weighted by Gasteiger charge is 2.32. The number of hydrogen-bond acceptors (Lipinski definition) is 7. The second-order valence-corrected chi connectivity index (χ2v) is 9.80. The standard InChI is InChI=1S/C22H22N4O5S/c1-13-3-7-16(8-4-13)25-32(28,29)19-10-18-17(9-14(19)2)26(21(27)12-30-18)11-20-23-22(31-24-20)15-5-6-15/h3-4,7-10,15,25H,5-6,11-12H2,1-2H3. The lowest BCUT2D eigenvalue weighted by atomic mass is 10.1. The lowest BCUT2D eigenvalue weighted by molar-refractivity contribution is -0.121. The van der Waals surface area contributed by atoms with Gasteiger partial charge in [-0.25, -0.2) is 8.42 Å². The first kappa shape index (κ1) is 20.5. The highest BCUT2D eigenvalue weighted by atomic mass is 32.2. The zero-order chi connectivity index (χ0) is 22.5. The van der Waals surface area contributed by atoms with E-state index in [0.29, 0.717) is 40.3 Å². The maximum absolute atomic E-state index is 13.0. The fraction of sp³-hybridized carbons (Fsp3) is 0.318.